The predicted octanol–water partition coefficient (Wildman–Crippen LogP) is 5.15. The lowest BCUT2D eigenvalue weighted by Gasteiger charge is -2.61. The van der Waals surface area contributed by atoms with Crippen molar-refractivity contribution in [3.05, 3.63) is 0 Å². The number of esters is 1. The van der Waals surface area contributed by atoms with Gasteiger partial charge in [-0.1, -0.05) is 20.8 Å². The zero-order valence-electron chi connectivity index (χ0n) is 20.6. The van der Waals surface area contributed by atoms with Gasteiger partial charge in [-0.25, -0.2) is 0 Å². The van der Waals surface area contributed by atoms with Crippen LogP contribution in [0, 0.1) is 46.3 Å². The quantitative estimate of drug-likeness (QED) is 0.546. The number of ether oxygens (including phenoxy) is 1. The van der Waals surface area contributed by atoms with Crippen molar-refractivity contribution in [2.45, 2.75) is 97.4 Å². The van der Waals surface area contributed by atoms with Crippen LogP contribution in [-0.4, -0.2) is 32.2 Å². The molecule has 9 atom stereocenters. The van der Waals surface area contributed by atoms with Crippen LogP contribution in [0.15, 0.2) is 0 Å². The summed E-state index contributed by atoms with van der Waals surface area (Å²) in [7, 11) is 1.51. The average Bonchev–Trinajstić information content (AvgIpc) is 3.13. The van der Waals surface area contributed by atoms with E-state index in [1.807, 2.05) is 0 Å². The molecule has 0 aromatic heterocycles. The molecule has 0 spiro atoms. The standard InChI is InChI=1S/C27H48N2O2/c1-18(5-10-25(30)31-4)22-8-9-23-21-7-6-19-17-20(29-16-15-28)11-13-26(19,2)24(21)12-14-27(22,23)3/h18-24,29H,5-17,28H2,1-4H3/t18-,19+,20-,21?,22?,23?,24?,26?,27?/m1/s1. The van der Waals surface area contributed by atoms with Crippen LogP contribution in [0.3, 0.4) is 0 Å². The van der Waals surface area contributed by atoms with Crippen molar-refractivity contribution in [2.75, 3.05) is 20.2 Å². The van der Waals surface area contributed by atoms with Crippen LogP contribution in [0.25, 0.3) is 0 Å². The van der Waals surface area contributed by atoms with E-state index in [0.717, 1.165) is 49.1 Å². The maximum Gasteiger partial charge on any atom is 0.305 e. The third kappa shape index (κ3) is 4.21. The fourth-order valence-electron chi connectivity index (χ4n) is 9.35. The summed E-state index contributed by atoms with van der Waals surface area (Å²) in [5.74, 6) is 5.04. The number of nitrogens with two attached hydrogens (primary N) is 1. The lowest BCUT2D eigenvalue weighted by atomic mass is 9.44. The van der Waals surface area contributed by atoms with E-state index >= 15 is 0 Å². The molecule has 4 aliphatic rings. The fraction of sp³-hybridized carbons (Fsp3) is 0.963. The van der Waals surface area contributed by atoms with Gasteiger partial charge in [-0.3, -0.25) is 4.79 Å². The lowest BCUT2D eigenvalue weighted by molar-refractivity contribution is -0.141. The summed E-state index contributed by atoms with van der Waals surface area (Å²) in [6.45, 7) is 9.42. The molecule has 31 heavy (non-hydrogen) atoms. The zero-order chi connectivity index (χ0) is 22.2. The number of hydrogen-bond acceptors (Lipinski definition) is 4. The van der Waals surface area contributed by atoms with E-state index in [-0.39, 0.29) is 5.97 Å². The van der Waals surface area contributed by atoms with Gasteiger partial charge in [-0.05, 0) is 111 Å². The number of carbonyl (C=O) groups excluding carboxylic acids is 1. The summed E-state index contributed by atoms with van der Waals surface area (Å²) < 4.78 is 4.91. The molecule has 4 heteroatoms. The van der Waals surface area contributed by atoms with Gasteiger partial charge in [-0.15, -0.1) is 0 Å². The molecule has 4 aliphatic carbocycles. The molecule has 0 aromatic carbocycles. The monoisotopic (exact) mass is 432 g/mol. The Balaban J connectivity index is 1.43. The second-order valence-electron chi connectivity index (χ2n) is 12.2. The van der Waals surface area contributed by atoms with Crippen LogP contribution in [-0.2, 0) is 9.53 Å². The summed E-state index contributed by atoms with van der Waals surface area (Å²) in [6.07, 6.45) is 14.2. The molecule has 3 N–H and O–H groups in total. The Bertz CT molecular complexity index is 639. The summed E-state index contributed by atoms with van der Waals surface area (Å²) in [5.41, 5.74) is 6.78. The number of nitrogens with one attached hydrogen (secondary N) is 1. The Morgan fingerprint density at radius 2 is 1.81 bits per heavy atom. The van der Waals surface area contributed by atoms with Gasteiger partial charge in [-0.2, -0.15) is 0 Å². The van der Waals surface area contributed by atoms with Crippen molar-refractivity contribution in [1.29, 1.82) is 0 Å². The molecule has 0 aromatic rings. The van der Waals surface area contributed by atoms with Crippen LogP contribution in [0.5, 0.6) is 0 Å². The van der Waals surface area contributed by atoms with Gasteiger partial charge in [0.1, 0.15) is 0 Å². The van der Waals surface area contributed by atoms with Crippen molar-refractivity contribution < 1.29 is 9.53 Å². The minimum atomic E-state index is -0.0435. The molecular weight excluding hydrogens is 384 g/mol. The van der Waals surface area contributed by atoms with Crippen LogP contribution >= 0.6 is 0 Å². The van der Waals surface area contributed by atoms with Gasteiger partial charge in [0, 0.05) is 25.6 Å². The first-order chi connectivity index (χ1) is 14.8. The molecule has 0 aliphatic heterocycles. The molecule has 4 rings (SSSR count). The minimum Gasteiger partial charge on any atom is -0.469 e. The summed E-state index contributed by atoms with van der Waals surface area (Å²) in [5, 5.41) is 3.72. The summed E-state index contributed by atoms with van der Waals surface area (Å²) in [6, 6.07) is 0.693. The van der Waals surface area contributed by atoms with Gasteiger partial charge < -0.3 is 15.8 Å². The van der Waals surface area contributed by atoms with Gasteiger partial charge in [0.05, 0.1) is 7.11 Å². The van der Waals surface area contributed by atoms with Gasteiger partial charge in [0.2, 0.25) is 0 Å². The van der Waals surface area contributed by atoms with Gasteiger partial charge in [0.15, 0.2) is 0 Å². The van der Waals surface area contributed by atoms with Crippen molar-refractivity contribution >= 4 is 5.97 Å². The molecule has 0 heterocycles. The first-order valence-electron chi connectivity index (χ1n) is 13.3. The topological polar surface area (TPSA) is 64.3 Å². The Hall–Kier alpha value is -0.610. The molecule has 0 radical (unpaired) electrons. The van der Waals surface area contributed by atoms with Crippen molar-refractivity contribution in [3.8, 4) is 0 Å². The maximum atomic E-state index is 11.7. The van der Waals surface area contributed by atoms with Crippen LogP contribution < -0.4 is 11.1 Å². The number of methoxy groups -OCH3 is 1. The highest BCUT2D eigenvalue weighted by molar-refractivity contribution is 5.69. The second kappa shape index (κ2) is 9.33. The van der Waals surface area contributed by atoms with Crippen LogP contribution in [0.4, 0.5) is 0 Å². The largest absolute Gasteiger partial charge is 0.469 e. The lowest BCUT2D eigenvalue weighted by Crippen LogP contribution is -2.55. The molecule has 4 fully saturated rings. The Kier molecular flexibility index (Phi) is 7.09. The molecule has 0 saturated heterocycles. The van der Waals surface area contributed by atoms with Crippen LogP contribution in [0.2, 0.25) is 0 Å². The van der Waals surface area contributed by atoms with E-state index < -0.39 is 0 Å². The number of fused-ring (bicyclic) bond motifs is 5. The van der Waals surface area contributed by atoms with E-state index in [9.17, 15) is 4.79 Å². The van der Waals surface area contributed by atoms with E-state index in [0.29, 0.717) is 29.2 Å². The molecule has 178 valence electrons. The summed E-state index contributed by atoms with van der Waals surface area (Å²) in [4.78, 5) is 11.7. The first kappa shape index (κ1) is 23.5. The second-order valence-corrected chi connectivity index (χ2v) is 12.2. The zero-order valence-corrected chi connectivity index (χ0v) is 20.6. The SMILES string of the molecule is COC(=O)CC[C@@H](C)C1CCC2C3CC[C@H]4C[C@H](NCCN)CCC4(C)C3CCC21C. The smallest absolute Gasteiger partial charge is 0.305 e. The number of hydrogen-bond donors (Lipinski definition) is 2. The highest BCUT2D eigenvalue weighted by atomic mass is 16.5. The Morgan fingerprint density at radius 3 is 2.55 bits per heavy atom. The Morgan fingerprint density at radius 1 is 1.06 bits per heavy atom. The summed E-state index contributed by atoms with van der Waals surface area (Å²) >= 11 is 0. The number of rotatable bonds is 7. The molecule has 6 unspecified atom stereocenters. The first-order valence-corrected chi connectivity index (χ1v) is 13.3. The minimum absolute atomic E-state index is 0.0435. The average molecular weight is 433 g/mol. The fourth-order valence-corrected chi connectivity index (χ4v) is 9.35. The van der Waals surface area contributed by atoms with E-state index in [1.54, 1.807) is 0 Å². The van der Waals surface area contributed by atoms with Crippen molar-refractivity contribution in [3.63, 3.8) is 0 Å². The molecule has 4 saturated carbocycles. The third-order valence-corrected chi connectivity index (χ3v) is 11.0. The predicted molar refractivity (Wildman–Crippen MR) is 126 cm³/mol. The Labute approximate surface area is 190 Å². The van der Waals surface area contributed by atoms with Crippen molar-refractivity contribution in [2.24, 2.45) is 52.1 Å². The molecular formula is C27H48N2O2. The van der Waals surface area contributed by atoms with Gasteiger partial charge >= 0.3 is 5.97 Å². The molecule has 4 nitrogen and oxygen atoms in total. The highest BCUT2D eigenvalue weighted by Gasteiger charge is 2.60. The maximum absolute atomic E-state index is 11.7. The molecule has 0 amide bonds. The molecule has 0 bridgehead atoms. The van der Waals surface area contributed by atoms with E-state index in [2.05, 4.69) is 26.1 Å². The normalized spacial score (nSPS) is 45.3. The third-order valence-electron chi connectivity index (χ3n) is 11.0. The van der Waals surface area contributed by atoms with Crippen LogP contribution in [0.1, 0.15) is 91.4 Å². The van der Waals surface area contributed by atoms with E-state index in [4.69, 9.17) is 10.5 Å². The van der Waals surface area contributed by atoms with Gasteiger partial charge in [0.25, 0.3) is 0 Å². The van der Waals surface area contributed by atoms with Crippen molar-refractivity contribution in [1.82, 2.24) is 5.32 Å². The highest BCUT2D eigenvalue weighted by Crippen LogP contribution is 2.68. The number of carbonyl (C=O) groups is 1. The van der Waals surface area contributed by atoms with E-state index in [1.165, 1.54) is 64.9 Å².